The lowest BCUT2D eigenvalue weighted by Crippen LogP contribution is -2.51. The van der Waals surface area contributed by atoms with E-state index in [1.165, 1.54) is 24.6 Å². The molecule has 0 spiro atoms. The molecule has 8 heteroatoms. The zero-order valence-corrected chi connectivity index (χ0v) is 26.8. The second kappa shape index (κ2) is 16.0. The van der Waals surface area contributed by atoms with Crippen molar-refractivity contribution in [2.45, 2.75) is 67.5 Å². The molecule has 43 heavy (non-hydrogen) atoms. The number of aliphatic hydroxyl groups excluding tert-OH is 1. The summed E-state index contributed by atoms with van der Waals surface area (Å²) in [5.41, 5.74) is 10.7. The first-order valence-corrected chi connectivity index (χ1v) is 14.8. The van der Waals surface area contributed by atoms with Crippen molar-refractivity contribution in [3.05, 3.63) is 106 Å². The number of amides is 1. The molecule has 1 unspecified atom stereocenters. The third-order valence-corrected chi connectivity index (χ3v) is 7.19. The molecule has 2 heterocycles. The van der Waals surface area contributed by atoms with Crippen LogP contribution in [0.3, 0.4) is 0 Å². The van der Waals surface area contributed by atoms with Crippen LogP contribution in [0.5, 0.6) is 0 Å². The Kier molecular flexibility index (Phi) is 13.1. The average molecular weight is 591 g/mol. The monoisotopic (exact) mass is 590 g/mol. The second-order valence-electron chi connectivity index (χ2n) is 11.1. The van der Waals surface area contributed by atoms with Gasteiger partial charge in [0, 0.05) is 43.4 Å². The predicted octanol–water partition coefficient (Wildman–Crippen LogP) is 6.42. The maximum atomic E-state index is 13.2. The summed E-state index contributed by atoms with van der Waals surface area (Å²) >= 11 is 0. The number of nitrogens with two attached hydrogens (primary N) is 1. The Labute approximate surface area is 255 Å². The first kappa shape index (κ1) is 35.2. The summed E-state index contributed by atoms with van der Waals surface area (Å²) in [4.78, 5) is 31.7. The maximum absolute atomic E-state index is 13.2. The molecule has 1 amide bonds. The minimum absolute atomic E-state index is 0.116. The number of aliphatic imine (C=N–C) groups is 1. The molecule has 4 rings (SSSR count). The van der Waals surface area contributed by atoms with E-state index in [2.05, 4.69) is 13.0 Å². The van der Waals surface area contributed by atoms with Crippen molar-refractivity contribution < 1.29 is 19.1 Å². The molecule has 0 saturated carbocycles. The van der Waals surface area contributed by atoms with Crippen LogP contribution < -0.4 is 5.73 Å². The van der Waals surface area contributed by atoms with Crippen molar-refractivity contribution >= 4 is 17.4 Å². The van der Waals surface area contributed by atoms with Crippen molar-refractivity contribution in [1.29, 1.82) is 0 Å². The van der Waals surface area contributed by atoms with Gasteiger partial charge in [0.25, 0.3) is 5.91 Å². The lowest BCUT2D eigenvalue weighted by Gasteiger charge is -2.41. The molecule has 232 valence electrons. The van der Waals surface area contributed by atoms with E-state index in [-0.39, 0.29) is 35.9 Å². The van der Waals surface area contributed by atoms with Crippen LogP contribution in [0.2, 0.25) is 0 Å². The molecule has 3 aromatic rings. The predicted molar refractivity (Wildman–Crippen MR) is 172 cm³/mol. The van der Waals surface area contributed by atoms with Crippen LogP contribution in [0.1, 0.15) is 81.7 Å². The molecule has 0 radical (unpaired) electrons. The number of piperidine rings is 1. The summed E-state index contributed by atoms with van der Waals surface area (Å²) in [6.45, 7) is 14.2. The van der Waals surface area contributed by atoms with Crippen molar-refractivity contribution in [1.82, 2.24) is 9.47 Å². The number of nitrogens with zero attached hydrogens (tertiary/aromatic N) is 3. The summed E-state index contributed by atoms with van der Waals surface area (Å²) in [6, 6.07) is 17.8. The Morgan fingerprint density at radius 1 is 1.07 bits per heavy atom. The first-order valence-electron chi connectivity index (χ1n) is 14.8. The quantitative estimate of drug-likeness (QED) is 0.324. The third-order valence-electron chi connectivity index (χ3n) is 7.19. The zero-order chi connectivity index (χ0) is 32.3. The lowest BCUT2D eigenvalue weighted by atomic mass is 9.78. The van der Waals surface area contributed by atoms with Crippen LogP contribution >= 0.6 is 0 Å². The van der Waals surface area contributed by atoms with Crippen molar-refractivity contribution in [2.75, 3.05) is 13.1 Å². The van der Waals surface area contributed by atoms with Gasteiger partial charge in [-0.15, -0.1) is 0 Å². The Hall–Kier alpha value is -4.04. The number of halogens is 1. The number of likely N-dealkylation sites (tertiary alicyclic amines) is 1. The molecule has 1 fully saturated rings. The minimum atomic E-state index is -0.519. The molecule has 1 saturated heterocycles. The van der Waals surface area contributed by atoms with Crippen LogP contribution in [0.15, 0.2) is 83.1 Å². The van der Waals surface area contributed by atoms with Crippen LogP contribution in [-0.2, 0) is 24.8 Å². The summed E-state index contributed by atoms with van der Waals surface area (Å²) in [5.74, 6) is -0.689. The number of aryl methyl sites for hydroxylation is 2. The molecule has 7 nitrogen and oxygen atoms in total. The molecular formula is C35H47FN4O3. The van der Waals surface area contributed by atoms with Gasteiger partial charge in [0.1, 0.15) is 11.5 Å². The van der Waals surface area contributed by atoms with Crippen molar-refractivity contribution in [3.8, 4) is 0 Å². The minimum Gasteiger partial charge on any atom is -0.396 e. The summed E-state index contributed by atoms with van der Waals surface area (Å²) in [6.07, 6.45) is 2.50. The number of hydrogen-bond acceptors (Lipinski definition) is 5. The molecule has 0 aliphatic carbocycles. The van der Waals surface area contributed by atoms with Gasteiger partial charge in [-0.25, -0.2) is 4.39 Å². The fourth-order valence-corrected chi connectivity index (χ4v) is 4.84. The van der Waals surface area contributed by atoms with E-state index in [0.717, 1.165) is 17.5 Å². The fourth-order valence-electron chi connectivity index (χ4n) is 4.84. The fraction of sp³-hybridized carbons (Fsp3) is 0.400. The molecule has 3 N–H and O–H groups in total. The zero-order valence-electron chi connectivity index (χ0n) is 26.8. The maximum Gasteiger partial charge on any atom is 0.270 e. The van der Waals surface area contributed by atoms with Crippen LogP contribution in [0, 0.1) is 11.2 Å². The van der Waals surface area contributed by atoms with Gasteiger partial charge in [0.2, 0.25) is 0 Å². The Balaban J connectivity index is 0.000000415. The normalized spacial score (nSPS) is 16.8. The van der Waals surface area contributed by atoms with Gasteiger partial charge in [-0.1, -0.05) is 71.0 Å². The topological polar surface area (TPSA) is 101 Å². The van der Waals surface area contributed by atoms with Crippen molar-refractivity contribution in [2.24, 2.45) is 23.2 Å². The Morgan fingerprint density at radius 3 is 2.26 bits per heavy atom. The number of benzene rings is 2. The van der Waals surface area contributed by atoms with Gasteiger partial charge >= 0.3 is 0 Å². The van der Waals surface area contributed by atoms with E-state index in [1.54, 1.807) is 34.6 Å². The standard InChI is InChI=1S/C23H27FN4O2.C10H14O.C2H6/c1-15(29)20(25)18-13-28(22(30)19-6-5-11-27(19)4)14-23(2,3)21(18)26-12-16-7-9-17(24)10-8-16;1-3-9-5-4-6-10(7-9)8(2)11;1-2/h5-11H,12-14,25H2,1-4H3;4-8,11H,3H2,1-2H3;1-2H3/b20-18-,26-21?;;. The SMILES string of the molecule is CC.CC(=O)/C(N)=C1\CN(C(=O)c2cccn2C)CC(C)(C)C1=NCc1ccc(F)cc1.CCc1cccc(C(C)O)c1. The largest absolute Gasteiger partial charge is 0.396 e. The number of ketones is 1. The van der Waals surface area contributed by atoms with E-state index in [1.807, 2.05) is 65.2 Å². The molecule has 1 aromatic heterocycles. The van der Waals surface area contributed by atoms with Gasteiger partial charge in [-0.3, -0.25) is 14.6 Å². The van der Waals surface area contributed by atoms with E-state index >= 15 is 0 Å². The number of aliphatic hydroxyl groups is 1. The lowest BCUT2D eigenvalue weighted by molar-refractivity contribution is -0.113. The Bertz CT molecular complexity index is 1440. The average Bonchev–Trinajstić information content (AvgIpc) is 3.42. The van der Waals surface area contributed by atoms with Gasteiger partial charge in [-0.2, -0.15) is 0 Å². The van der Waals surface area contributed by atoms with Gasteiger partial charge in [0.05, 0.1) is 24.9 Å². The van der Waals surface area contributed by atoms with E-state index in [9.17, 15) is 19.1 Å². The molecule has 1 aliphatic rings. The number of rotatable bonds is 6. The summed E-state index contributed by atoms with van der Waals surface area (Å²) in [5, 5.41) is 9.24. The molecule has 2 aromatic carbocycles. The number of carbonyl (C=O) groups excluding carboxylic acids is 2. The number of hydrogen-bond donors (Lipinski definition) is 2. The highest BCUT2D eigenvalue weighted by Crippen LogP contribution is 2.32. The van der Waals surface area contributed by atoms with Crippen LogP contribution in [0.4, 0.5) is 4.39 Å². The Morgan fingerprint density at radius 2 is 1.72 bits per heavy atom. The van der Waals surface area contributed by atoms with Gasteiger partial charge in [-0.05, 0) is 54.3 Å². The van der Waals surface area contributed by atoms with Gasteiger partial charge < -0.3 is 20.3 Å². The van der Waals surface area contributed by atoms with E-state index in [4.69, 9.17) is 10.7 Å². The molecule has 1 atom stereocenters. The smallest absolute Gasteiger partial charge is 0.270 e. The molecule has 0 bridgehead atoms. The third kappa shape index (κ3) is 9.48. The molecular weight excluding hydrogens is 543 g/mol. The van der Waals surface area contributed by atoms with E-state index in [0.29, 0.717) is 30.1 Å². The number of allylic oxidation sites excluding steroid dienone is 1. The number of aromatic nitrogens is 1. The van der Waals surface area contributed by atoms with Crippen LogP contribution in [-0.4, -0.2) is 45.1 Å². The van der Waals surface area contributed by atoms with Gasteiger partial charge in [0.15, 0.2) is 5.78 Å². The first-order chi connectivity index (χ1) is 20.3. The highest BCUT2D eigenvalue weighted by molar-refractivity contribution is 6.12. The van der Waals surface area contributed by atoms with Crippen LogP contribution in [0.25, 0.3) is 0 Å². The second-order valence-corrected chi connectivity index (χ2v) is 11.1. The number of carbonyl (C=O) groups is 2. The van der Waals surface area contributed by atoms with Crippen molar-refractivity contribution in [3.63, 3.8) is 0 Å². The highest BCUT2D eigenvalue weighted by Gasteiger charge is 2.39. The highest BCUT2D eigenvalue weighted by atomic mass is 19.1. The number of Topliss-reactive ketones (excluding diaryl/α,β-unsaturated/α-hetero) is 1. The molecule has 1 aliphatic heterocycles. The van der Waals surface area contributed by atoms with E-state index < -0.39 is 5.41 Å². The summed E-state index contributed by atoms with van der Waals surface area (Å²) < 4.78 is 15.0. The summed E-state index contributed by atoms with van der Waals surface area (Å²) in [7, 11) is 1.82.